The minimum Gasteiger partial charge on any atom is -0.309 e. The summed E-state index contributed by atoms with van der Waals surface area (Å²) in [5, 5.41) is 4.73. The smallest absolute Gasteiger partial charge is 0.0641 e. The molecule has 0 bridgehead atoms. The summed E-state index contributed by atoms with van der Waals surface area (Å²) in [7, 11) is -1.07. The average molecular weight is 306 g/mol. The van der Waals surface area contributed by atoms with Crippen LogP contribution >= 0.6 is 23.2 Å². The summed E-state index contributed by atoms with van der Waals surface area (Å²) in [5.74, 6) is 0. The van der Waals surface area contributed by atoms with Crippen molar-refractivity contribution in [2.24, 2.45) is 0 Å². The number of hydrogen-bond donors (Lipinski definition) is 1. The van der Waals surface area contributed by atoms with Gasteiger partial charge in [-0.05, 0) is 31.5 Å². The van der Waals surface area contributed by atoms with Crippen LogP contribution in [0.4, 0.5) is 0 Å². The third kappa shape index (κ3) is 2.34. The van der Waals surface area contributed by atoms with Gasteiger partial charge in [-0.15, -0.1) is 0 Å². The largest absolute Gasteiger partial charge is 0.309 e. The predicted octanol–water partition coefficient (Wildman–Crippen LogP) is 3.93. The minimum atomic E-state index is -1.07. The molecule has 0 aliphatic carbocycles. The molecule has 0 spiro atoms. The maximum absolute atomic E-state index is 12.5. The first kappa shape index (κ1) is 14.3. The SMILES string of the molecule is CCCNC1c2c(Cl)ccc(Cl)c2S(=O)C1CC. The lowest BCUT2D eigenvalue weighted by Crippen LogP contribution is -2.30. The molecular formula is C13H17Cl2NOS. The van der Waals surface area contributed by atoms with Crippen LogP contribution in [0.15, 0.2) is 17.0 Å². The van der Waals surface area contributed by atoms with Crippen LogP contribution in [0, 0.1) is 0 Å². The lowest BCUT2D eigenvalue weighted by Gasteiger charge is -2.19. The molecule has 1 heterocycles. The molecule has 1 aliphatic rings. The molecular weight excluding hydrogens is 289 g/mol. The molecule has 0 saturated heterocycles. The fourth-order valence-corrected chi connectivity index (χ4v) is 4.95. The van der Waals surface area contributed by atoms with E-state index in [1.165, 1.54) is 0 Å². The molecule has 3 atom stereocenters. The quantitative estimate of drug-likeness (QED) is 0.913. The molecule has 1 aromatic rings. The van der Waals surface area contributed by atoms with Crippen LogP contribution in [0.3, 0.4) is 0 Å². The van der Waals surface area contributed by atoms with Crippen LogP contribution in [0.25, 0.3) is 0 Å². The highest BCUT2D eigenvalue weighted by Gasteiger charge is 2.40. The standard InChI is InChI=1S/C13H17Cl2NOS/c1-3-7-16-12-10(4-2)18(17)13-9(15)6-5-8(14)11(12)13/h5-6,10,12,16H,3-4,7H2,1-2H3. The molecule has 100 valence electrons. The van der Waals surface area contributed by atoms with E-state index in [1.807, 2.05) is 0 Å². The van der Waals surface area contributed by atoms with Gasteiger partial charge in [0.1, 0.15) is 0 Å². The summed E-state index contributed by atoms with van der Waals surface area (Å²) < 4.78 is 12.5. The van der Waals surface area contributed by atoms with Crippen molar-refractivity contribution >= 4 is 34.0 Å². The first-order valence-corrected chi connectivity index (χ1v) is 8.20. The van der Waals surface area contributed by atoms with Crippen LogP contribution in [0.1, 0.15) is 38.3 Å². The van der Waals surface area contributed by atoms with E-state index in [2.05, 4.69) is 19.2 Å². The zero-order chi connectivity index (χ0) is 13.3. The average Bonchev–Trinajstić information content (AvgIpc) is 2.65. The van der Waals surface area contributed by atoms with Crippen molar-refractivity contribution < 1.29 is 4.21 Å². The number of fused-ring (bicyclic) bond motifs is 1. The molecule has 2 rings (SSSR count). The summed E-state index contributed by atoms with van der Waals surface area (Å²) in [4.78, 5) is 0.726. The molecule has 0 amide bonds. The zero-order valence-corrected chi connectivity index (χ0v) is 12.8. The fraction of sp³-hybridized carbons (Fsp3) is 0.538. The number of benzene rings is 1. The van der Waals surface area contributed by atoms with Crippen LogP contribution < -0.4 is 5.32 Å². The molecule has 3 unspecified atom stereocenters. The first-order chi connectivity index (χ1) is 8.61. The topological polar surface area (TPSA) is 29.1 Å². The van der Waals surface area contributed by atoms with Crippen molar-refractivity contribution in [3.05, 3.63) is 27.7 Å². The second-order valence-electron chi connectivity index (χ2n) is 4.45. The summed E-state index contributed by atoms with van der Waals surface area (Å²) in [6.45, 7) is 5.05. The van der Waals surface area contributed by atoms with Crippen molar-refractivity contribution in [1.82, 2.24) is 5.32 Å². The van der Waals surface area contributed by atoms with E-state index in [1.54, 1.807) is 12.1 Å². The summed E-state index contributed by atoms with van der Waals surface area (Å²) in [6, 6.07) is 3.57. The summed E-state index contributed by atoms with van der Waals surface area (Å²) in [6.07, 6.45) is 1.88. The summed E-state index contributed by atoms with van der Waals surface area (Å²) in [5.41, 5.74) is 0.933. The molecule has 0 saturated carbocycles. The summed E-state index contributed by atoms with van der Waals surface area (Å²) >= 11 is 12.4. The Morgan fingerprint density at radius 3 is 2.56 bits per heavy atom. The van der Waals surface area contributed by atoms with E-state index in [4.69, 9.17) is 23.2 Å². The Morgan fingerprint density at radius 1 is 1.28 bits per heavy atom. The van der Waals surface area contributed by atoms with E-state index in [-0.39, 0.29) is 11.3 Å². The maximum Gasteiger partial charge on any atom is 0.0641 e. The van der Waals surface area contributed by atoms with Gasteiger partial charge in [-0.25, -0.2) is 0 Å². The number of halogens is 2. The van der Waals surface area contributed by atoms with Crippen molar-refractivity contribution in [3.8, 4) is 0 Å². The monoisotopic (exact) mass is 305 g/mol. The van der Waals surface area contributed by atoms with E-state index < -0.39 is 10.8 Å². The molecule has 18 heavy (non-hydrogen) atoms. The molecule has 0 aromatic heterocycles. The lowest BCUT2D eigenvalue weighted by atomic mass is 10.0. The zero-order valence-electron chi connectivity index (χ0n) is 10.5. The van der Waals surface area contributed by atoms with Crippen molar-refractivity contribution in [2.75, 3.05) is 6.54 Å². The van der Waals surface area contributed by atoms with Crippen LogP contribution in [0.2, 0.25) is 10.0 Å². The van der Waals surface area contributed by atoms with Gasteiger partial charge in [0, 0.05) is 16.6 Å². The Labute approximate surface area is 121 Å². The Hall–Kier alpha value is -0.0900. The van der Waals surface area contributed by atoms with E-state index >= 15 is 0 Å². The Balaban J connectivity index is 2.49. The molecule has 0 radical (unpaired) electrons. The third-order valence-electron chi connectivity index (χ3n) is 3.27. The molecule has 1 aliphatic heterocycles. The Morgan fingerprint density at radius 2 is 1.94 bits per heavy atom. The van der Waals surface area contributed by atoms with Crippen LogP contribution in [0.5, 0.6) is 0 Å². The number of rotatable bonds is 4. The normalized spacial score (nSPS) is 26.3. The molecule has 5 heteroatoms. The van der Waals surface area contributed by atoms with E-state index in [9.17, 15) is 4.21 Å². The van der Waals surface area contributed by atoms with Gasteiger partial charge in [-0.2, -0.15) is 0 Å². The molecule has 1 aromatic carbocycles. The molecule has 1 N–H and O–H groups in total. The Bertz CT molecular complexity index is 478. The van der Waals surface area contributed by atoms with Gasteiger partial charge in [0.2, 0.25) is 0 Å². The van der Waals surface area contributed by atoms with Gasteiger partial charge in [-0.1, -0.05) is 37.0 Å². The highest BCUT2D eigenvalue weighted by atomic mass is 35.5. The molecule has 2 nitrogen and oxygen atoms in total. The van der Waals surface area contributed by atoms with E-state index in [0.717, 1.165) is 29.8 Å². The van der Waals surface area contributed by atoms with Gasteiger partial charge in [0.05, 0.1) is 26.0 Å². The maximum atomic E-state index is 12.5. The van der Waals surface area contributed by atoms with Gasteiger partial charge in [0.25, 0.3) is 0 Å². The van der Waals surface area contributed by atoms with Crippen LogP contribution in [-0.4, -0.2) is 16.0 Å². The van der Waals surface area contributed by atoms with Gasteiger partial charge in [0.15, 0.2) is 0 Å². The first-order valence-electron chi connectivity index (χ1n) is 6.23. The van der Waals surface area contributed by atoms with Crippen LogP contribution in [-0.2, 0) is 10.8 Å². The number of nitrogens with one attached hydrogen (secondary N) is 1. The second-order valence-corrected chi connectivity index (χ2v) is 6.87. The van der Waals surface area contributed by atoms with E-state index in [0.29, 0.717) is 10.0 Å². The van der Waals surface area contributed by atoms with Gasteiger partial charge >= 0.3 is 0 Å². The van der Waals surface area contributed by atoms with Gasteiger partial charge < -0.3 is 5.32 Å². The van der Waals surface area contributed by atoms with Gasteiger partial charge in [-0.3, -0.25) is 4.21 Å². The Kier molecular flexibility index (Phi) is 4.70. The highest BCUT2D eigenvalue weighted by molar-refractivity contribution is 7.86. The fourth-order valence-electron chi connectivity index (χ4n) is 2.42. The highest BCUT2D eigenvalue weighted by Crippen LogP contribution is 2.44. The molecule has 0 fully saturated rings. The second kappa shape index (κ2) is 5.91. The minimum absolute atomic E-state index is 0.0528. The van der Waals surface area contributed by atoms with Crippen molar-refractivity contribution in [3.63, 3.8) is 0 Å². The third-order valence-corrected chi connectivity index (χ3v) is 6.02. The predicted molar refractivity (Wildman–Crippen MR) is 78.0 cm³/mol. The van der Waals surface area contributed by atoms with Crippen molar-refractivity contribution in [2.45, 2.75) is 42.9 Å². The number of hydrogen-bond acceptors (Lipinski definition) is 2. The lowest BCUT2D eigenvalue weighted by molar-refractivity contribution is 0.505. The van der Waals surface area contributed by atoms with Crippen molar-refractivity contribution in [1.29, 1.82) is 0 Å².